The molecule has 1 aliphatic heterocycles. The van der Waals surface area contributed by atoms with E-state index < -0.39 is 51.9 Å². The predicted molar refractivity (Wildman–Crippen MR) is 71.5 cm³/mol. The molecule has 0 spiro atoms. The van der Waals surface area contributed by atoms with Crippen molar-refractivity contribution >= 4 is 9.84 Å². The highest BCUT2D eigenvalue weighted by molar-refractivity contribution is 7.89. The molecular weight excluding hydrogens is 304 g/mol. The first-order chi connectivity index (χ1) is 9.71. The Bertz CT molecular complexity index is 736. The minimum atomic E-state index is -3.44. The van der Waals surface area contributed by atoms with Gasteiger partial charge >= 0.3 is 5.69 Å². The van der Waals surface area contributed by atoms with Crippen LogP contribution in [0.5, 0.6) is 0 Å². The largest absolute Gasteiger partial charge is 0.394 e. The molecular formula is C11H16N2O7S. The highest BCUT2D eigenvalue weighted by atomic mass is 32.2. The minimum Gasteiger partial charge on any atom is -0.394 e. The Balaban J connectivity index is 2.39. The zero-order chi connectivity index (χ0) is 15.8. The summed E-state index contributed by atoms with van der Waals surface area (Å²) in [5.41, 5.74) is -1.64. The number of hydrogen-bond acceptors (Lipinski definition) is 7. The van der Waals surface area contributed by atoms with Crippen molar-refractivity contribution in [2.75, 3.05) is 12.9 Å². The Morgan fingerprint density at radius 3 is 2.67 bits per heavy atom. The van der Waals surface area contributed by atoms with Crippen molar-refractivity contribution in [2.45, 2.75) is 30.6 Å². The third kappa shape index (κ3) is 3.59. The quantitative estimate of drug-likeness (QED) is 0.568. The first kappa shape index (κ1) is 15.9. The number of rotatable bonds is 4. The van der Waals surface area contributed by atoms with Crippen LogP contribution in [-0.2, 0) is 20.3 Å². The Labute approximate surface area is 119 Å². The van der Waals surface area contributed by atoms with Crippen LogP contribution in [0.25, 0.3) is 0 Å². The van der Waals surface area contributed by atoms with Crippen LogP contribution in [-0.4, -0.2) is 53.3 Å². The Morgan fingerprint density at radius 2 is 2.14 bits per heavy atom. The molecule has 10 heteroatoms. The number of aromatic amines is 1. The molecule has 0 aliphatic carbocycles. The van der Waals surface area contributed by atoms with Crippen LogP contribution in [0, 0.1) is 0 Å². The van der Waals surface area contributed by atoms with E-state index in [9.17, 15) is 23.1 Å². The minimum absolute atomic E-state index is 0.0511. The monoisotopic (exact) mass is 320 g/mol. The lowest BCUT2D eigenvalue weighted by Crippen LogP contribution is -2.34. The van der Waals surface area contributed by atoms with Crippen LogP contribution in [0.3, 0.4) is 0 Å². The van der Waals surface area contributed by atoms with E-state index in [1.807, 2.05) is 4.98 Å². The molecule has 0 amide bonds. The highest BCUT2D eigenvalue weighted by Gasteiger charge is 2.35. The zero-order valence-corrected chi connectivity index (χ0v) is 12.0. The summed E-state index contributed by atoms with van der Waals surface area (Å²) in [4.78, 5) is 25.4. The molecule has 3 atom stereocenters. The van der Waals surface area contributed by atoms with E-state index in [0.717, 1.165) is 17.0 Å². The zero-order valence-electron chi connectivity index (χ0n) is 11.2. The second kappa shape index (κ2) is 5.72. The number of hydrogen-bond donors (Lipinski definition) is 3. The average molecular weight is 320 g/mol. The normalized spacial score (nSPS) is 26.1. The number of sulfone groups is 1. The van der Waals surface area contributed by atoms with Crippen LogP contribution in [0.2, 0.25) is 0 Å². The Hall–Kier alpha value is -1.49. The van der Waals surface area contributed by atoms with Crippen molar-refractivity contribution in [1.82, 2.24) is 9.55 Å². The summed E-state index contributed by atoms with van der Waals surface area (Å²) in [5.74, 6) is -0.513. The fourth-order valence-corrected chi connectivity index (χ4v) is 2.95. The maximum absolute atomic E-state index is 11.8. The summed E-state index contributed by atoms with van der Waals surface area (Å²) in [7, 11) is -3.44. The smallest absolute Gasteiger partial charge is 0.330 e. The van der Waals surface area contributed by atoms with Gasteiger partial charge in [-0.2, -0.15) is 0 Å². The van der Waals surface area contributed by atoms with Crippen LogP contribution in [0.1, 0.15) is 18.2 Å². The van der Waals surface area contributed by atoms with Crippen molar-refractivity contribution in [3.8, 4) is 0 Å². The van der Waals surface area contributed by atoms with Crippen molar-refractivity contribution in [3.63, 3.8) is 0 Å². The van der Waals surface area contributed by atoms with Crippen molar-refractivity contribution in [1.29, 1.82) is 0 Å². The summed E-state index contributed by atoms with van der Waals surface area (Å²) in [6, 6.07) is 0. The molecule has 0 aromatic carbocycles. The van der Waals surface area contributed by atoms with Crippen molar-refractivity contribution in [3.05, 3.63) is 32.6 Å². The summed E-state index contributed by atoms with van der Waals surface area (Å²) in [5, 5.41) is 18.7. The number of ether oxygens (including phenoxy) is 1. The topological polar surface area (TPSA) is 139 Å². The average Bonchev–Trinajstić information content (AvgIpc) is 2.72. The maximum atomic E-state index is 11.8. The molecule has 1 fully saturated rings. The molecule has 118 valence electrons. The number of aliphatic hydroxyl groups is 2. The number of aliphatic hydroxyl groups excluding tert-OH is 2. The Kier molecular flexibility index (Phi) is 4.33. The molecule has 1 aromatic heterocycles. The number of nitrogens with one attached hydrogen (secondary N) is 1. The van der Waals surface area contributed by atoms with Gasteiger partial charge in [-0.15, -0.1) is 0 Å². The van der Waals surface area contributed by atoms with Gasteiger partial charge in [0.15, 0.2) is 9.84 Å². The van der Waals surface area contributed by atoms with Gasteiger partial charge in [-0.25, -0.2) is 13.2 Å². The molecule has 3 unspecified atom stereocenters. The third-order valence-electron chi connectivity index (χ3n) is 3.15. The van der Waals surface area contributed by atoms with Crippen LogP contribution in [0.4, 0.5) is 0 Å². The molecule has 2 heterocycles. The van der Waals surface area contributed by atoms with Gasteiger partial charge in [-0.05, 0) is 0 Å². The van der Waals surface area contributed by atoms with E-state index >= 15 is 0 Å². The van der Waals surface area contributed by atoms with E-state index in [0.29, 0.717) is 0 Å². The highest BCUT2D eigenvalue weighted by Crippen LogP contribution is 2.27. The van der Waals surface area contributed by atoms with Gasteiger partial charge in [0, 0.05) is 24.4 Å². The SMILES string of the molecule is CS(=O)(=O)Cc1cn(C2CC(O)C(CO)O2)c(=O)[nH]c1=O. The Morgan fingerprint density at radius 1 is 1.48 bits per heavy atom. The number of aromatic nitrogens is 2. The lowest BCUT2D eigenvalue weighted by Gasteiger charge is -2.15. The van der Waals surface area contributed by atoms with Crippen molar-refractivity contribution in [2.24, 2.45) is 0 Å². The molecule has 0 saturated carbocycles. The molecule has 2 rings (SSSR count). The van der Waals surface area contributed by atoms with Gasteiger partial charge in [0.1, 0.15) is 12.3 Å². The fourth-order valence-electron chi connectivity index (χ4n) is 2.18. The van der Waals surface area contributed by atoms with E-state index in [4.69, 9.17) is 9.84 Å². The van der Waals surface area contributed by atoms with Gasteiger partial charge in [0.05, 0.1) is 18.5 Å². The summed E-state index contributed by atoms with van der Waals surface area (Å²) >= 11 is 0. The van der Waals surface area contributed by atoms with E-state index in [2.05, 4.69) is 0 Å². The van der Waals surface area contributed by atoms with Gasteiger partial charge in [0.2, 0.25) is 0 Å². The van der Waals surface area contributed by atoms with Gasteiger partial charge in [-0.3, -0.25) is 14.3 Å². The lowest BCUT2D eigenvalue weighted by atomic mass is 10.2. The molecule has 3 N–H and O–H groups in total. The third-order valence-corrected chi connectivity index (χ3v) is 3.99. The molecule has 1 saturated heterocycles. The van der Waals surface area contributed by atoms with Crippen LogP contribution < -0.4 is 11.2 Å². The second-order valence-electron chi connectivity index (χ2n) is 5.01. The first-order valence-corrected chi connectivity index (χ1v) is 8.24. The fraction of sp³-hybridized carbons (Fsp3) is 0.636. The molecule has 0 radical (unpaired) electrons. The van der Waals surface area contributed by atoms with Crippen molar-refractivity contribution < 1.29 is 23.4 Å². The van der Waals surface area contributed by atoms with E-state index in [1.54, 1.807) is 0 Å². The first-order valence-electron chi connectivity index (χ1n) is 6.17. The standard InChI is InChI=1S/C11H16N2O7S/c1-21(18,19)5-6-3-13(11(17)12-10(6)16)9-2-7(15)8(4-14)20-9/h3,7-9,14-15H,2,4-5H2,1H3,(H,12,16,17). The summed E-state index contributed by atoms with van der Waals surface area (Å²) in [6.45, 7) is -0.411. The number of nitrogens with zero attached hydrogens (tertiary/aromatic N) is 1. The number of H-pyrrole nitrogens is 1. The molecule has 1 aliphatic rings. The van der Waals surface area contributed by atoms with Gasteiger partial charge < -0.3 is 14.9 Å². The predicted octanol–water partition coefficient (Wildman–Crippen LogP) is -2.28. The van der Waals surface area contributed by atoms with Crippen LogP contribution >= 0.6 is 0 Å². The van der Waals surface area contributed by atoms with Gasteiger partial charge in [-0.1, -0.05) is 0 Å². The lowest BCUT2D eigenvalue weighted by molar-refractivity contribution is -0.0459. The second-order valence-corrected chi connectivity index (χ2v) is 7.15. The van der Waals surface area contributed by atoms with Gasteiger partial charge in [0.25, 0.3) is 5.56 Å². The molecule has 1 aromatic rings. The van der Waals surface area contributed by atoms with E-state index in [1.165, 1.54) is 0 Å². The maximum Gasteiger partial charge on any atom is 0.330 e. The molecule has 9 nitrogen and oxygen atoms in total. The summed E-state index contributed by atoms with van der Waals surface area (Å²) < 4.78 is 28.9. The summed E-state index contributed by atoms with van der Waals surface area (Å²) in [6.07, 6.45) is -0.516. The molecule has 0 bridgehead atoms. The van der Waals surface area contributed by atoms with E-state index in [-0.39, 0.29) is 12.0 Å². The van der Waals surface area contributed by atoms with Crippen LogP contribution in [0.15, 0.2) is 15.8 Å². The molecule has 21 heavy (non-hydrogen) atoms.